The summed E-state index contributed by atoms with van der Waals surface area (Å²) in [5.41, 5.74) is 0.116. The molecule has 2 nitrogen and oxygen atoms in total. The van der Waals surface area contributed by atoms with Gasteiger partial charge in [0.2, 0.25) is 0 Å². The number of carbonyl (C=O) groups is 1. The molecule has 1 saturated carbocycles. The number of hydrogen-bond acceptors (Lipinski definition) is 2. The monoisotopic (exact) mass is 224 g/mol. The molecule has 0 amide bonds. The van der Waals surface area contributed by atoms with Crippen molar-refractivity contribution in [3.63, 3.8) is 0 Å². The second-order valence-corrected chi connectivity index (χ2v) is 5.67. The Morgan fingerprint density at radius 1 is 1.50 bits per heavy atom. The van der Waals surface area contributed by atoms with Gasteiger partial charge in [0, 0.05) is 18.4 Å². The van der Waals surface area contributed by atoms with Crippen LogP contribution in [0.5, 0.6) is 0 Å². The Hall–Kier alpha value is -0.370. The predicted molar refractivity (Wildman–Crippen MR) is 64.3 cm³/mol. The van der Waals surface area contributed by atoms with E-state index < -0.39 is 0 Å². The highest BCUT2D eigenvalue weighted by atomic mass is 16.5. The van der Waals surface area contributed by atoms with Crippen LogP contribution in [0.25, 0.3) is 0 Å². The zero-order valence-electron chi connectivity index (χ0n) is 10.6. The van der Waals surface area contributed by atoms with Gasteiger partial charge in [-0.05, 0) is 38.5 Å². The van der Waals surface area contributed by atoms with Gasteiger partial charge in [0.25, 0.3) is 0 Å². The van der Waals surface area contributed by atoms with Crippen LogP contribution in [0.4, 0.5) is 0 Å². The van der Waals surface area contributed by atoms with E-state index in [9.17, 15) is 4.79 Å². The van der Waals surface area contributed by atoms with Crippen LogP contribution in [0.15, 0.2) is 0 Å². The molecule has 0 aromatic carbocycles. The van der Waals surface area contributed by atoms with Gasteiger partial charge in [-0.25, -0.2) is 0 Å². The third-order valence-corrected chi connectivity index (χ3v) is 4.37. The number of rotatable bonds is 4. The molecule has 0 N–H and O–H groups in total. The standard InChI is InChI=1S/C14H24O2/c1-3-5-11(2)13(15)12-6-9-16-14(10-12)7-4-8-14/h11-12H,3-10H2,1-2H3. The molecule has 0 aromatic heterocycles. The Kier molecular flexibility index (Phi) is 3.68. The number of ketones is 1. The van der Waals surface area contributed by atoms with Crippen molar-refractivity contribution in [1.82, 2.24) is 0 Å². The van der Waals surface area contributed by atoms with E-state index in [1.54, 1.807) is 0 Å². The van der Waals surface area contributed by atoms with Crippen LogP contribution < -0.4 is 0 Å². The van der Waals surface area contributed by atoms with Crippen molar-refractivity contribution < 1.29 is 9.53 Å². The van der Waals surface area contributed by atoms with E-state index in [-0.39, 0.29) is 17.4 Å². The third kappa shape index (κ3) is 2.32. The Morgan fingerprint density at radius 3 is 2.81 bits per heavy atom. The summed E-state index contributed by atoms with van der Waals surface area (Å²) in [5, 5.41) is 0. The van der Waals surface area contributed by atoms with E-state index in [1.807, 2.05) is 0 Å². The van der Waals surface area contributed by atoms with Gasteiger partial charge in [-0.2, -0.15) is 0 Å². The SMILES string of the molecule is CCCC(C)C(=O)C1CCOC2(CCC2)C1. The van der Waals surface area contributed by atoms with Gasteiger partial charge in [0.05, 0.1) is 5.60 Å². The second-order valence-electron chi connectivity index (χ2n) is 5.67. The van der Waals surface area contributed by atoms with E-state index in [2.05, 4.69) is 13.8 Å². The molecule has 2 rings (SSSR count). The summed E-state index contributed by atoms with van der Waals surface area (Å²) < 4.78 is 5.87. The molecule has 2 atom stereocenters. The minimum absolute atomic E-state index is 0.116. The molecule has 2 unspecified atom stereocenters. The molecular formula is C14H24O2. The minimum Gasteiger partial charge on any atom is -0.375 e. The van der Waals surface area contributed by atoms with Crippen LogP contribution in [0.2, 0.25) is 0 Å². The maximum atomic E-state index is 12.3. The number of carbonyl (C=O) groups excluding carboxylic acids is 1. The Balaban J connectivity index is 1.91. The highest BCUT2D eigenvalue weighted by Crippen LogP contribution is 2.44. The average molecular weight is 224 g/mol. The number of Topliss-reactive ketones (excluding diaryl/α,β-unsaturated/α-hetero) is 1. The van der Waals surface area contributed by atoms with E-state index in [1.165, 1.54) is 19.3 Å². The van der Waals surface area contributed by atoms with Crippen LogP contribution in [-0.2, 0) is 9.53 Å². The van der Waals surface area contributed by atoms with Crippen molar-refractivity contribution in [2.45, 2.75) is 64.4 Å². The first-order valence-corrected chi connectivity index (χ1v) is 6.84. The molecule has 2 heteroatoms. The first-order valence-electron chi connectivity index (χ1n) is 6.84. The van der Waals surface area contributed by atoms with E-state index in [0.29, 0.717) is 5.78 Å². The molecule has 92 valence electrons. The lowest BCUT2D eigenvalue weighted by molar-refractivity contribution is -0.157. The molecule has 1 aliphatic carbocycles. The van der Waals surface area contributed by atoms with Gasteiger partial charge >= 0.3 is 0 Å². The number of ether oxygens (including phenoxy) is 1. The fraction of sp³-hybridized carbons (Fsp3) is 0.929. The molecular weight excluding hydrogens is 200 g/mol. The second kappa shape index (κ2) is 4.87. The quantitative estimate of drug-likeness (QED) is 0.732. The molecule has 0 radical (unpaired) electrons. The molecule has 1 aliphatic heterocycles. The molecule has 1 spiro atoms. The Bertz CT molecular complexity index is 255. The average Bonchev–Trinajstić information content (AvgIpc) is 2.26. The van der Waals surface area contributed by atoms with Crippen LogP contribution in [0, 0.1) is 11.8 Å². The third-order valence-electron chi connectivity index (χ3n) is 4.37. The fourth-order valence-corrected chi connectivity index (χ4v) is 3.17. The van der Waals surface area contributed by atoms with Crippen molar-refractivity contribution in [2.24, 2.45) is 11.8 Å². The van der Waals surface area contributed by atoms with Gasteiger partial charge in [0.1, 0.15) is 5.78 Å². The topological polar surface area (TPSA) is 26.3 Å². The highest BCUT2D eigenvalue weighted by molar-refractivity contribution is 5.83. The lowest BCUT2D eigenvalue weighted by atomic mass is 9.70. The van der Waals surface area contributed by atoms with Crippen molar-refractivity contribution in [1.29, 1.82) is 0 Å². The maximum absolute atomic E-state index is 12.3. The molecule has 16 heavy (non-hydrogen) atoms. The van der Waals surface area contributed by atoms with E-state index in [0.717, 1.165) is 32.3 Å². The van der Waals surface area contributed by atoms with Crippen LogP contribution in [-0.4, -0.2) is 18.0 Å². The van der Waals surface area contributed by atoms with Crippen LogP contribution >= 0.6 is 0 Å². The molecule has 0 bridgehead atoms. The van der Waals surface area contributed by atoms with Crippen LogP contribution in [0.3, 0.4) is 0 Å². The van der Waals surface area contributed by atoms with E-state index >= 15 is 0 Å². The lowest BCUT2D eigenvalue weighted by Crippen LogP contribution is -2.47. The molecule has 2 aliphatic rings. The molecule has 1 heterocycles. The molecule has 2 fully saturated rings. The minimum atomic E-state index is 0.116. The van der Waals surface area contributed by atoms with Crippen molar-refractivity contribution in [2.75, 3.05) is 6.61 Å². The summed E-state index contributed by atoms with van der Waals surface area (Å²) in [4.78, 5) is 12.3. The summed E-state index contributed by atoms with van der Waals surface area (Å²) in [6, 6.07) is 0. The first-order chi connectivity index (χ1) is 7.67. The predicted octanol–water partition coefficient (Wildman–Crippen LogP) is 3.34. The molecule has 1 saturated heterocycles. The van der Waals surface area contributed by atoms with Gasteiger partial charge in [-0.3, -0.25) is 4.79 Å². The van der Waals surface area contributed by atoms with Crippen molar-refractivity contribution >= 4 is 5.78 Å². The smallest absolute Gasteiger partial charge is 0.138 e. The van der Waals surface area contributed by atoms with Gasteiger partial charge in [-0.1, -0.05) is 20.3 Å². The zero-order valence-corrected chi connectivity index (χ0v) is 10.6. The summed E-state index contributed by atoms with van der Waals surface area (Å²) >= 11 is 0. The summed E-state index contributed by atoms with van der Waals surface area (Å²) in [5.74, 6) is 1.04. The van der Waals surface area contributed by atoms with Gasteiger partial charge < -0.3 is 4.74 Å². The summed E-state index contributed by atoms with van der Waals surface area (Å²) in [6.45, 7) is 5.05. The Labute approximate surface area is 98.7 Å². The van der Waals surface area contributed by atoms with Gasteiger partial charge in [-0.15, -0.1) is 0 Å². The largest absolute Gasteiger partial charge is 0.375 e. The van der Waals surface area contributed by atoms with E-state index in [4.69, 9.17) is 4.74 Å². The van der Waals surface area contributed by atoms with Crippen molar-refractivity contribution in [3.05, 3.63) is 0 Å². The van der Waals surface area contributed by atoms with Crippen LogP contribution in [0.1, 0.15) is 58.8 Å². The maximum Gasteiger partial charge on any atom is 0.138 e. The fourth-order valence-electron chi connectivity index (χ4n) is 3.17. The molecule has 0 aromatic rings. The normalized spacial score (nSPS) is 29.8. The highest BCUT2D eigenvalue weighted by Gasteiger charge is 2.44. The zero-order chi connectivity index (χ0) is 11.6. The van der Waals surface area contributed by atoms with Gasteiger partial charge in [0.15, 0.2) is 0 Å². The lowest BCUT2D eigenvalue weighted by Gasteiger charge is -2.47. The summed E-state index contributed by atoms with van der Waals surface area (Å²) in [6.07, 6.45) is 7.75. The number of hydrogen-bond donors (Lipinski definition) is 0. The summed E-state index contributed by atoms with van der Waals surface area (Å²) in [7, 11) is 0. The Morgan fingerprint density at radius 2 is 2.25 bits per heavy atom. The van der Waals surface area contributed by atoms with Crippen molar-refractivity contribution in [3.8, 4) is 0 Å². The first kappa shape index (κ1) is 12.1.